The first kappa shape index (κ1) is 14.1. The molecule has 3 rings (SSSR count). The first-order valence-electron chi connectivity index (χ1n) is 7.56. The van der Waals surface area contributed by atoms with Crippen molar-refractivity contribution in [1.82, 2.24) is 19.9 Å². The molecule has 1 unspecified atom stereocenters. The van der Waals surface area contributed by atoms with E-state index in [0.29, 0.717) is 5.92 Å². The molecule has 0 spiro atoms. The third-order valence-electron chi connectivity index (χ3n) is 4.02. The quantitative estimate of drug-likeness (QED) is 0.868. The van der Waals surface area contributed by atoms with Crippen LogP contribution in [-0.2, 0) is 6.54 Å². The zero-order valence-corrected chi connectivity index (χ0v) is 13.0. The van der Waals surface area contributed by atoms with Crippen molar-refractivity contribution in [3.8, 4) is 0 Å². The molecule has 0 saturated carbocycles. The van der Waals surface area contributed by atoms with Crippen molar-refractivity contribution in [3.05, 3.63) is 52.9 Å². The summed E-state index contributed by atoms with van der Waals surface area (Å²) in [4.78, 5) is 16.1. The molecule has 1 aliphatic heterocycles. The van der Waals surface area contributed by atoms with Crippen LogP contribution in [0, 0.1) is 20.8 Å². The Morgan fingerprint density at radius 3 is 2.52 bits per heavy atom. The van der Waals surface area contributed by atoms with Gasteiger partial charge in [0.25, 0.3) is 0 Å². The summed E-state index contributed by atoms with van der Waals surface area (Å²) in [7, 11) is 0. The summed E-state index contributed by atoms with van der Waals surface area (Å²) in [6, 6.07) is 6.28. The Labute approximate surface area is 126 Å². The van der Waals surface area contributed by atoms with Crippen LogP contribution >= 0.6 is 0 Å². The number of hydrogen-bond acceptors (Lipinski definition) is 4. The van der Waals surface area contributed by atoms with Gasteiger partial charge >= 0.3 is 0 Å². The van der Waals surface area contributed by atoms with Gasteiger partial charge in [-0.05, 0) is 51.4 Å². The Kier molecular flexibility index (Phi) is 3.97. The monoisotopic (exact) mass is 282 g/mol. The number of rotatable bonds is 3. The van der Waals surface area contributed by atoms with E-state index in [1.807, 2.05) is 33.0 Å². The van der Waals surface area contributed by atoms with Crippen molar-refractivity contribution in [3.63, 3.8) is 0 Å². The molecule has 0 aliphatic carbocycles. The molecular formula is C17H22N4. The highest BCUT2D eigenvalue weighted by molar-refractivity contribution is 5.15. The van der Waals surface area contributed by atoms with E-state index < -0.39 is 0 Å². The minimum atomic E-state index is 0.460. The van der Waals surface area contributed by atoms with Gasteiger partial charge in [0.1, 0.15) is 5.82 Å². The maximum absolute atomic E-state index is 4.62. The van der Waals surface area contributed by atoms with Gasteiger partial charge in [-0.25, -0.2) is 9.97 Å². The summed E-state index contributed by atoms with van der Waals surface area (Å²) >= 11 is 0. The van der Waals surface area contributed by atoms with Crippen LogP contribution in [0.25, 0.3) is 0 Å². The summed E-state index contributed by atoms with van der Waals surface area (Å²) in [5.74, 6) is 1.47. The first-order chi connectivity index (χ1) is 10.1. The van der Waals surface area contributed by atoms with Gasteiger partial charge in [0, 0.05) is 42.3 Å². The predicted octanol–water partition coefficient (Wildman–Crippen LogP) is 2.79. The van der Waals surface area contributed by atoms with Crippen molar-refractivity contribution in [2.75, 3.05) is 13.1 Å². The SMILES string of the molecule is Cc1ccc(CN2CCC(c3nc(C)cc(C)n3)C2)cn1. The van der Waals surface area contributed by atoms with E-state index in [-0.39, 0.29) is 0 Å². The van der Waals surface area contributed by atoms with Crippen LogP contribution in [0.2, 0.25) is 0 Å². The minimum Gasteiger partial charge on any atom is -0.298 e. The van der Waals surface area contributed by atoms with E-state index in [2.05, 4.69) is 32.0 Å². The van der Waals surface area contributed by atoms with Crippen molar-refractivity contribution in [2.24, 2.45) is 0 Å². The standard InChI is InChI=1S/C17H22N4/c1-12-4-5-15(9-18-12)10-21-7-6-16(11-21)17-19-13(2)8-14(3)20-17/h4-5,8-9,16H,6-7,10-11H2,1-3H3. The number of nitrogens with zero attached hydrogens (tertiary/aromatic N) is 4. The smallest absolute Gasteiger partial charge is 0.133 e. The molecule has 0 radical (unpaired) electrons. The lowest BCUT2D eigenvalue weighted by atomic mass is 10.1. The van der Waals surface area contributed by atoms with Gasteiger partial charge in [-0.3, -0.25) is 9.88 Å². The Balaban J connectivity index is 1.66. The second-order valence-electron chi connectivity index (χ2n) is 6.04. The first-order valence-corrected chi connectivity index (χ1v) is 7.56. The summed E-state index contributed by atoms with van der Waals surface area (Å²) in [6.07, 6.45) is 3.12. The fraction of sp³-hybridized carbons (Fsp3) is 0.471. The molecule has 1 saturated heterocycles. The maximum atomic E-state index is 4.62. The normalized spacial score (nSPS) is 19.1. The molecule has 4 nitrogen and oxygen atoms in total. The molecule has 0 amide bonds. The highest BCUT2D eigenvalue weighted by atomic mass is 15.2. The van der Waals surface area contributed by atoms with E-state index in [9.17, 15) is 0 Å². The molecule has 4 heteroatoms. The number of likely N-dealkylation sites (tertiary alicyclic amines) is 1. The second-order valence-corrected chi connectivity index (χ2v) is 6.04. The van der Waals surface area contributed by atoms with Crippen LogP contribution in [0.5, 0.6) is 0 Å². The van der Waals surface area contributed by atoms with Crippen LogP contribution in [0.15, 0.2) is 24.4 Å². The van der Waals surface area contributed by atoms with E-state index in [4.69, 9.17) is 0 Å². The van der Waals surface area contributed by atoms with Crippen LogP contribution in [0.3, 0.4) is 0 Å². The van der Waals surface area contributed by atoms with Crippen LogP contribution in [0.1, 0.15) is 40.8 Å². The number of aryl methyl sites for hydroxylation is 3. The molecule has 21 heavy (non-hydrogen) atoms. The van der Waals surface area contributed by atoms with E-state index in [1.165, 1.54) is 5.56 Å². The number of pyridine rings is 1. The predicted molar refractivity (Wildman–Crippen MR) is 83.1 cm³/mol. The second kappa shape index (κ2) is 5.90. The van der Waals surface area contributed by atoms with Crippen molar-refractivity contribution < 1.29 is 0 Å². The van der Waals surface area contributed by atoms with Crippen LogP contribution < -0.4 is 0 Å². The van der Waals surface area contributed by atoms with Crippen LogP contribution in [0.4, 0.5) is 0 Å². The Bertz CT molecular complexity index is 601. The van der Waals surface area contributed by atoms with E-state index >= 15 is 0 Å². The Morgan fingerprint density at radius 1 is 1.10 bits per heavy atom. The van der Waals surface area contributed by atoms with Gasteiger partial charge in [0.2, 0.25) is 0 Å². The lowest BCUT2D eigenvalue weighted by Crippen LogP contribution is -2.20. The van der Waals surface area contributed by atoms with Gasteiger partial charge < -0.3 is 0 Å². The van der Waals surface area contributed by atoms with Gasteiger partial charge in [-0.15, -0.1) is 0 Å². The van der Waals surface area contributed by atoms with Gasteiger partial charge in [-0.2, -0.15) is 0 Å². The molecule has 3 heterocycles. The Morgan fingerprint density at radius 2 is 1.86 bits per heavy atom. The highest BCUT2D eigenvalue weighted by Gasteiger charge is 2.26. The summed E-state index contributed by atoms with van der Waals surface area (Å²) in [5.41, 5.74) is 4.49. The number of aromatic nitrogens is 3. The molecule has 0 bridgehead atoms. The van der Waals surface area contributed by atoms with E-state index in [0.717, 1.165) is 49.0 Å². The third-order valence-corrected chi connectivity index (χ3v) is 4.02. The number of hydrogen-bond donors (Lipinski definition) is 0. The molecule has 0 N–H and O–H groups in total. The zero-order valence-electron chi connectivity index (χ0n) is 13.0. The third kappa shape index (κ3) is 3.45. The summed E-state index contributed by atoms with van der Waals surface area (Å²) < 4.78 is 0. The molecule has 1 atom stereocenters. The van der Waals surface area contributed by atoms with Crippen LogP contribution in [-0.4, -0.2) is 32.9 Å². The lowest BCUT2D eigenvalue weighted by molar-refractivity contribution is 0.325. The molecule has 1 fully saturated rings. The molecule has 0 aromatic carbocycles. The molecule has 2 aromatic rings. The minimum absolute atomic E-state index is 0.460. The molecule has 110 valence electrons. The van der Waals surface area contributed by atoms with Crippen molar-refractivity contribution >= 4 is 0 Å². The lowest BCUT2D eigenvalue weighted by Gasteiger charge is -2.16. The topological polar surface area (TPSA) is 41.9 Å². The fourth-order valence-corrected chi connectivity index (χ4v) is 2.97. The molecular weight excluding hydrogens is 260 g/mol. The van der Waals surface area contributed by atoms with Gasteiger partial charge in [0.05, 0.1) is 0 Å². The summed E-state index contributed by atoms with van der Waals surface area (Å²) in [5, 5.41) is 0. The van der Waals surface area contributed by atoms with Crippen molar-refractivity contribution in [2.45, 2.75) is 39.7 Å². The zero-order chi connectivity index (χ0) is 14.8. The average Bonchev–Trinajstić information content (AvgIpc) is 2.89. The fourth-order valence-electron chi connectivity index (χ4n) is 2.97. The average molecular weight is 282 g/mol. The summed E-state index contributed by atoms with van der Waals surface area (Å²) in [6.45, 7) is 9.22. The Hall–Kier alpha value is -1.81. The van der Waals surface area contributed by atoms with Gasteiger partial charge in [-0.1, -0.05) is 6.07 Å². The maximum Gasteiger partial charge on any atom is 0.133 e. The molecule has 1 aliphatic rings. The van der Waals surface area contributed by atoms with Crippen molar-refractivity contribution in [1.29, 1.82) is 0 Å². The van der Waals surface area contributed by atoms with Gasteiger partial charge in [0.15, 0.2) is 0 Å². The largest absolute Gasteiger partial charge is 0.298 e. The highest BCUT2D eigenvalue weighted by Crippen LogP contribution is 2.26. The van der Waals surface area contributed by atoms with E-state index in [1.54, 1.807) is 0 Å². The molecule has 2 aromatic heterocycles.